The van der Waals surface area contributed by atoms with Gasteiger partial charge in [-0.05, 0) is 37.6 Å². The molecule has 1 saturated carbocycles. The molecule has 2 N–H and O–H groups in total. The smallest absolute Gasteiger partial charge is 0.330 e. The van der Waals surface area contributed by atoms with Gasteiger partial charge in [0.1, 0.15) is 0 Å². The number of halogens is 3. The van der Waals surface area contributed by atoms with Crippen LogP contribution >= 0.6 is 0 Å². The van der Waals surface area contributed by atoms with Crippen LogP contribution in [-0.2, 0) is 6.18 Å². The van der Waals surface area contributed by atoms with Gasteiger partial charge in [-0.15, -0.1) is 0 Å². The molecule has 0 spiro atoms. The van der Waals surface area contributed by atoms with Crippen LogP contribution in [0.2, 0.25) is 0 Å². The lowest BCUT2D eigenvalue weighted by Crippen LogP contribution is -2.32. The molecule has 0 radical (unpaired) electrons. The molecule has 1 aliphatic carbocycles. The van der Waals surface area contributed by atoms with Gasteiger partial charge in [0.05, 0.1) is 17.8 Å². The Bertz CT molecular complexity index is 414. The van der Waals surface area contributed by atoms with E-state index in [0.717, 1.165) is 38.1 Å². The number of hydrogen-bond acceptors (Lipinski definition) is 2. The van der Waals surface area contributed by atoms with Gasteiger partial charge in [-0.2, -0.15) is 18.3 Å². The first kappa shape index (κ1) is 14.4. The summed E-state index contributed by atoms with van der Waals surface area (Å²) in [5, 5.41) is 3.91. The third-order valence-electron chi connectivity index (χ3n) is 4.21. The van der Waals surface area contributed by atoms with Crippen LogP contribution in [0.15, 0.2) is 12.4 Å². The summed E-state index contributed by atoms with van der Waals surface area (Å²) in [6, 6.07) is -0.000185. The largest absolute Gasteiger partial charge is 0.419 e. The second kappa shape index (κ2) is 5.53. The van der Waals surface area contributed by atoms with Crippen molar-refractivity contribution >= 4 is 0 Å². The summed E-state index contributed by atoms with van der Waals surface area (Å²) in [6.45, 7) is 2.62. The lowest BCUT2D eigenvalue weighted by Gasteiger charge is -2.35. The van der Waals surface area contributed by atoms with Crippen molar-refractivity contribution in [3.63, 3.8) is 0 Å². The fraction of sp³-hybridized carbons (Fsp3) is 0.769. The van der Waals surface area contributed by atoms with E-state index < -0.39 is 11.7 Å². The van der Waals surface area contributed by atoms with Gasteiger partial charge in [0.25, 0.3) is 0 Å². The third-order valence-corrected chi connectivity index (χ3v) is 4.21. The highest BCUT2D eigenvalue weighted by Gasteiger charge is 2.35. The van der Waals surface area contributed by atoms with Gasteiger partial charge in [-0.1, -0.05) is 13.3 Å². The maximum Gasteiger partial charge on any atom is 0.419 e. The van der Waals surface area contributed by atoms with Crippen molar-refractivity contribution < 1.29 is 13.2 Å². The molecule has 1 heterocycles. The molecule has 3 nitrogen and oxygen atoms in total. The van der Waals surface area contributed by atoms with E-state index in [0.29, 0.717) is 12.5 Å². The molecule has 1 aliphatic rings. The van der Waals surface area contributed by atoms with Crippen molar-refractivity contribution in [3.05, 3.63) is 18.0 Å². The minimum Gasteiger partial charge on any atom is -0.330 e. The number of rotatable bonds is 3. The van der Waals surface area contributed by atoms with Gasteiger partial charge >= 0.3 is 6.18 Å². The fourth-order valence-corrected chi connectivity index (χ4v) is 2.93. The molecule has 2 rings (SSSR count). The van der Waals surface area contributed by atoms with Crippen molar-refractivity contribution in [1.82, 2.24) is 9.78 Å². The van der Waals surface area contributed by atoms with E-state index in [4.69, 9.17) is 5.73 Å². The molecule has 108 valence electrons. The predicted molar refractivity (Wildman–Crippen MR) is 66.4 cm³/mol. The minimum absolute atomic E-state index is 0.000185. The standard InChI is InChI=1S/C13H20F3N3/c1-2-9-3-4-10(6-17)12(5-9)19-8-11(7-18-19)13(14,15)16/h7-10,12H,2-6,17H2,1H3. The Balaban J connectivity index is 2.19. The normalized spacial score (nSPS) is 28.6. The topological polar surface area (TPSA) is 43.8 Å². The van der Waals surface area contributed by atoms with E-state index in [1.165, 1.54) is 4.68 Å². The Hall–Kier alpha value is -1.04. The fourth-order valence-electron chi connectivity index (χ4n) is 2.93. The average Bonchev–Trinajstić information content (AvgIpc) is 2.87. The summed E-state index contributed by atoms with van der Waals surface area (Å²) in [7, 11) is 0. The number of hydrogen-bond donors (Lipinski definition) is 1. The molecule has 0 saturated heterocycles. The molecule has 0 aromatic carbocycles. The number of nitrogens with two attached hydrogens (primary N) is 1. The van der Waals surface area contributed by atoms with Crippen molar-refractivity contribution in [2.24, 2.45) is 17.6 Å². The molecule has 3 unspecified atom stereocenters. The van der Waals surface area contributed by atoms with Gasteiger partial charge in [-0.3, -0.25) is 4.68 Å². The molecule has 3 atom stereocenters. The van der Waals surface area contributed by atoms with Crippen LogP contribution in [-0.4, -0.2) is 16.3 Å². The first-order chi connectivity index (χ1) is 8.95. The van der Waals surface area contributed by atoms with Crippen LogP contribution in [0.4, 0.5) is 13.2 Å². The van der Waals surface area contributed by atoms with E-state index in [2.05, 4.69) is 12.0 Å². The van der Waals surface area contributed by atoms with E-state index in [1.54, 1.807) is 0 Å². The first-order valence-electron chi connectivity index (χ1n) is 6.77. The average molecular weight is 275 g/mol. The number of nitrogens with zero attached hydrogens (tertiary/aromatic N) is 2. The summed E-state index contributed by atoms with van der Waals surface area (Å²) in [5.74, 6) is 0.787. The van der Waals surface area contributed by atoms with Crippen LogP contribution in [0.25, 0.3) is 0 Å². The van der Waals surface area contributed by atoms with Gasteiger partial charge in [0.15, 0.2) is 0 Å². The zero-order chi connectivity index (χ0) is 14.0. The molecule has 1 aromatic heterocycles. The molecule has 0 bridgehead atoms. The van der Waals surface area contributed by atoms with E-state index >= 15 is 0 Å². The van der Waals surface area contributed by atoms with Gasteiger partial charge in [-0.25, -0.2) is 0 Å². The summed E-state index contributed by atoms with van der Waals surface area (Å²) in [6.07, 6.45) is 1.71. The SMILES string of the molecule is CCC1CCC(CN)C(n2cc(C(F)(F)F)cn2)C1. The Morgan fingerprint density at radius 3 is 2.68 bits per heavy atom. The van der Waals surface area contributed by atoms with Crippen molar-refractivity contribution in [2.75, 3.05) is 6.54 Å². The molecule has 1 fully saturated rings. The van der Waals surface area contributed by atoms with Crippen molar-refractivity contribution in [3.8, 4) is 0 Å². The van der Waals surface area contributed by atoms with Crippen LogP contribution < -0.4 is 5.73 Å². The second-order valence-corrected chi connectivity index (χ2v) is 5.36. The second-order valence-electron chi connectivity index (χ2n) is 5.36. The van der Waals surface area contributed by atoms with Gasteiger partial charge < -0.3 is 5.73 Å². The highest BCUT2D eigenvalue weighted by Crippen LogP contribution is 2.39. The Morgan fingerprint density at radius 2 is 2.16 bits per heavy atom. The molecule has 6 heteroatoms. The first-order valence-corrected chi connectivity index (χ1v) is 6.77. The quantitative estimate of drug-likeness (QED) is 0.920. The summed E-state index contributed by atoms with van der Waals surface area (Å²) in [4.78, 5) is 0. The van der Waals surface area contributed by atoms with Gasteiger partial charge in [0.2, 0.25) is 0 Å². The molecular formula is C13H20F3N3. The molecule has 1 aromatic rings. The van der Waals surface area contributed by atoms with E-state index in [9.17, 15) is 13.2 Å². The lowest BCUT2D eigenvalue weighted by atomic mass is 9.77. The third kappa shape index (κ3) is 3.11. The highest BCUT2D eigenvalue weighted by molar-refractivity contribution is 5.09. The summed E-state index contributed by atoms with van der Waals surface area (Å²) >= 11 is 0. The Kier molecular flexibility index (Phi) is 4.18. The molecule has 0 amide bonds. The van der Waals surface area contributed by atoms with E-state index in [-0.39, 0.29) is 12.0 Å². The van der Waals surface area contributed by atoms with E-state index in [1.807, 2.05) is 0 Å². The van der Waals surface area contributed by atoms with Crippen molar-refractivity contribution in [1.29, 1.82) is 0 Å². The Labute approximate surface area is 111 Å². The molecular weight excluding hydrogens is 255 g/mol. The number of alkyl halides is 3. The zero-order valence-electron chi connectivity index (χ0n) is 11.0. The van der Waals surface area contributed by atoms with Crippen LogP contribution in [0.5, 0.6) is 0 Å². The highest BCUT2D eigenvalue weighted by atomic mass is 19.4. The molecule has 0 aliphatic heterocycles. The van der Waals surface area contributed by atoms with Crippen LogP contribution in [0.1, 0.15) is 44.2 Å². The zero-order valence-corrected chi connectivity index (χ0v) is 11.0. The van der Waals surface area contributed by atoms with Crippen molar-refractivity contribution in [2.45, 2.75) is 44.8 Å². The maximum atomic E-state index is 12.6. The monoisotopic (exact) mass is 275 g/mol. The van der Waals surface area contributed by atoms with Crippen LogP contribution in [0, 0.1) is 11.8 Å². The van der Waals surface area contributed by atoms with Crippen LogP contribution in [0.3, 0.4) is 0 Å². The van der Waals surface area contributed by atoms with Gasteiger partial charge in [0, 0.05) is 6.20 Å². The summed E-state index contributed by atoms with van der Waals surface area (Å²) < 4.78 is 39.3. The lowest BCUT2D eigenvalue weighted by molar-refractivity contribution is -0.137. The summed E-state index contributed by atoms with van der Waals surface area (Å²) in [5.41, 5.74) is 5.07. The maximum absolute atomic E-state index is 12.6. The predicted octanol–water partition coefficient (Wildman–Crippen LogP) is 3.23. The minimum atomic E-state index is -4.32. The number of aromatic nitrogens is 2. The Morgan fingerprint density at radius 1 is 1.42 bits per heavy atom. The molecule has 19 heavy (non-hydrogen) atoms.